The van der Waals surface area contributed by atoms with Crippen LogP contribution in [0, 0.1) is 6.92 Å². The van der Waals surface area contributed by atoms with Gasteiger partial charge in [0, 0.05) is 11.8 Å². The Balaban J connectivity index is 1.70. The zero-order chi connectivity index (χ0) is 25.6. The zero-order valence-corrected chi connectivity index (χ0v) is 20.9. The van der Waals surface area contributed by atoms with E-state index in [1.54, 1.807) is 19.1 Å². The summed E-state index contributed by atoms with van der Waals surface area (Å²) in [6.07, 6.45) is 1.43. The molecule has 35 heavy (non-hydrogen) atoms. The highest BCUT2D eigenvalue weighted by Gasteiger charge is 2.36. The number of rotatable bonds is 11. The molecule has 1 unspecified atom stereocenters. The van der Waals surface area contributed by atoms with E-state index in [4.69, 9.17) is 18.5 Å². The number of hydrogen-bond donors (Lipinski definition) is 2. The van der Waals surface area contributed by atoms with E-state index in [1.807, 2.05) is 12.1 Å². The molecule has 1 aliphatic heterocycles. The number of hydrogen-bond acceptors (Lipinski definition) is 9. The number of nitrogens with one attached hydrogen (secondary N) is 2. The van der Waals surface area contributed by atoms with E-state index in [0.717, 1.165) is 18.4 Å². The van der Waals surface area contributed by atoms with Gasteiger partial charge in [0.05, 0.1) is 13.7 Å². The lowest BCUT2D eigenvalue weighted by atomic mass is 10.1. The molecule has 0 radical (unpaired) electrons. The molecule has 2 N–H and O–H groups in total. The van der Waals surface area contributed by atoms with Gasteiger partial charge in [0.2, 0.25) is 0 Å². The van der Waals surface area contributed by atoms with Crippen LogP contribution in [-0.4, -0.2) is 48.2 Å². The molecule has 13 heteroatoms. The smallest absolute Gasteiger partial charge is 0.459 e. The first-order valence-electron chi connectivity index (χ1n) is 11.1. The van der Waals surface area contributed by atoms with E-state index in [9.17, 15) is 18.9 Å². The second-order valence-corrected chi connectivity index (χ2v) is 9.68. The number of aromatic nitrogens is 2. The van der Waals surface area contributed by atoms with Crippen molar-refractivity contribution >= 4 is 13.7 Å². The summed E-state index contributed by atoms with van der Waals surface area (Å²) in [4.78, 5) is 37.8. The average Bonchev–Trinajstić information content (AvgIpc) is 3.30. The van der Waals surface area contributed by atoms with Crippen molar-refractivity contribution in [1.29, 1.82) is 0 Å². The van der Waals surface area contributed by atoms with Gasteiger partial charge < -0.3 is 18.7 Å². The molecule has 192 valence electrons. The lowest BCUT2D eigenvalue weighted by Crippen LogP contribution is -2.35. The Morgan fingerprint density at radius 2 is 2.03 bits per heavy atom. The minimum Gasteiger partial charge on any atom is -0.468 e. The molecule has 1 saturated heterocycles. The number of carbonyl (C=O) groups is 1. The third-order valence-electron chi connectivity index (χ3n) is 5.16. The van der Waals surface area contributed by atoms with Gasteiger partial charge in [-0.15, -0.1) is 0 Å². The Labute approximate surface area is 202 Å². The van der Waals surface area contributed by atoms with E-state index in [0.29, 0.717) is 5.56 Å². The largest absolute Gasteiger partial charge is 0.468 e. The molecule has 1 aliphatic rings. The fourth-order valence-electron chi connectivity index (χ4n) is 3.34. The molecule has 3 rings (SSSR count). The van der Waals surface area contributed by atoms with Crippen molar-refractivity contribution in [2.75, 3.05) is 20.3 Å². The highest BCUT2D eigenvalue weighted by atomic mass is 31.2. The molecule has 2 aromatic rings. The third kappa shape index (κ3) is 7.12. The molecule has 0 saturated carbocycles. The second-order valence-electron chi connectivity index (χ2n) is 7.98. The molecule has 0 amide bonds. The average molecular weight is 511 g/mol. The van der Waals surface area contributed by atoms with Crippen molar-refractivity contribution in [2.45, 2.75) is 52.2 Å². The maximum absolute atomic E-state index is 13.5. The van der Waals surface area contributed by atoms with Crippen LogP contribution in [0.2, 0.25) is 0 Å². The fourth-order valence-corrected chi connectivity index (χ4v) is 4.81. The first-order valence-corrected chi connectivity index (χ1v) is 12.7. The van der Waals surface area contributed by atoms with Gasteiger partial charge in [-0.3, -0.25) is 23.7 Å². The second kappa shape index (κ2) is 11.8. The number of benzene rings is 1. The Kier molecular flexibility index (Phi) is 9.03. The number of H-pyrrole nitrogens is 1. The molecule has 1 aromatic heterocycles. The molecule has 0 spiro atoms. The van der Waals surface area contributed by atoms with E-state index in [2.05, 4.69) is 21.7 Å². The Hall–Kier alpha value is -2.76. The van der Waals surface area contributed by atoms with Gasteiger partial charge in [-0.1, -0.05) is 25.5 Å². The Bertz CT molecular complexity index is 1180. The van der Waals surface area contributed by atoms with Crippen LogP contribution < -0.4 is 20.9 Å². The lowest BCUT2D eigenvalue weighted by Gasteiger charge is -2.23. The summed E-state index contributed by atoms with van der Waals surface area (Å²) >= 11 is 0. The van der Waals surface area contributed by atoms with Gasteiger partial charge in [0.15, 0.2) is 12.5 Å². The van der Waals surface area contributed by atoms with Crippen LogP contribution in [0.15, 0.2) is 40.1 Å². The SMILES string of the molecule is CCCc1ccc(OP(=O)(N[C@@H](C)C(=O)OC)OC[C@@H]2OC[C@H](n3cc(C)c(=O)[nH]c3=O)O2)cc1. The van der Waals surface area contributed by atoms with Crippen molar-refractivity contribution in [3.63, 3.8) is 0 Å². The predicted octanol–water partition coefficient (Wildman–Crippen LogP) is 2.02. The monoisotopic (exact) mass is 511 g/mol. The normalized spacial score (nSPS) is 20.2. The minimum absolute atomic E-state index is 0.00451. The maximum atomic E-state index is 13.5. The van der Waals surface area contributed by atoms with Crippen LogP contribution in [0.1, 0.15) is 37.6 Å². The topological polar surface area (TPSA) is 147 Å². The van der Waals surface area contributed by atoms with E-state index >= 15 is 0 Å². The fraction of sp³-hybridized carbons (Fsp3) is 0.500. The summed E-state index contributed by atoms with van der Waals surface area (Å²) < 4.78 is 41.7. The number of aryl methyl sites for hydroxylation is 2. The first-order chi connectivity index (χ1) is 16.6. The molecule has 1 fully saturated rings. The van der Waals surface area contributed by atoms with E-state index in [1.165, 1.54) is 24.8 Å². The Morgan fingerprint density at radius 3 is 2.69 bits per heavy atom. The number of methoxy groups -OCH3 is 1. The van der Waals surface area contributed by atoms with Crippen molar-refractivity contribution < 1.29 is 32.6 Å². The van der Waals surface area contributed by atoms with Crippen molar-refractivity contribution in [3.05, 3.63) is 62.4 Å². The van der Waals surface area contributed by atoms with Crippen LogP contribution in [0.5, 0.6) is 5.75 Å². The van der Waals surface area contributed by atoms with E-state index < -0.39 is 43.5 Å². The summed E-state index contributed by atoms with van der Waals surface area (Å²) in [5.74, 6) is -0.379. The van der Waals surface area contributed by atoms with Gasteiger partial charge in [0.25, 0.3) is 5.56 Å². The molecular weight excluding hydrogens is 481 g/mol. The van der Waals surface area contributed by atoms with Crippen molar-refractivity contribution in [3.8, 4) is 5.75 Å². The van der Waals surface area contributed by atoms with Crippen LogP contribution in [-0.2, 0) is 34.5 Å². The quantitative estimate of drug-likeness (QED) is 0.339. The molecule has 12 nitrogen and oxygen atoms in total. The minimum atomic E-state index is -4.09. The Morgan fingerprint density at radius 1 is 1.31 bits per heavy atom. The van der Waals surface area contributed by atoms with E-state index in [-0.39, 0.29) is 19.0 Å². The molecule has 0 aliphatic carbocycles. The molecule has 1 aromatic carbocycles. The number of nitrogens with zero attached hydrogens (tertiary/aromatic N) is 1. The lowest BCUT2D eigenvalue weighted by molar-refractivity contribution is -0.142. The molecule has 2 heterocycles. The summed E-state index contributed by atoms with van der Waals surface area (Å²) in [5.41, 5.74) is 0.288. The van der Waals surface area contributed by atoms with Gasteiger partial charge in [-0.05, 0) is 38.0 Å². The first kappa shape index (κ1) is 26.8. The number of ether oxygens (including phenoxy) is 3. The molecule has 0 bridgehead atoms. The van der Waals surface area contributed by atoms with Crippen LogP contribution in [0.4, 0.5) is 0 Å². The number of carbonyl (C=O) groups excluding carboxylic acids is 1. The predicted molar refractivity (Wildman–Crippen MR) is 125 cm³/mol. The van der Waals surface area contributed by atoms with Crippen molar-refractivity contribution in [2.24, 2.45) is 0 Å². The van der Waals surface area contributed by atoms with Crippen LogP contribution in [0.25, 0.3) is 0 Å². The summed E-state index contributed by atoms with van der Waals surface area (Å²) in [6.45, 7) is 4.74. The van der Waals surface area contributed by atoms with Crippen molar-refractivity contribution in [1.82, 2.24) is 14.6 Å². The van der Waals surface area contributed by atoms with Gasteiger partial charge in [-0.25, -0.2) is 9.36 Å². The third-order valence-corrected chi connectivity index (χ3v) is 6.81. The standard InChI is InChI=1S/C22H30N3O9P/c1-5-6-16-7-9-17(10-8-16)34-35(29,24-15(3)21(27)30-4)32-13-19-31-12-18(33-19)25-11-14(2)20(26)23-22(25)28/h7-11,15,18-19H,5-6,12-13H2,1-4H3,(H,24,29)(H,23,26,28)/t15-,18+,19+,35?/m0/s1. The van der Waals surface area contributed by atoms with Crippen LogP contribution in [0.3, 0.4) is 0 Å². The molecular formula is C22H30N3O9P. The summed E-state index contributed by atoms with van der Waals surface area (Å²) in [5, 5.41) is 2.55. The van der Waals surface area contributed by atoms with Gasteiger partial charge in [0.1, 0.15) is 18.4 Å². The van der Waals surface area contributed by atoms with Crippen LogP contribution >= 0.6 is 7.75 Å². The van der Waals surface area contributed by atoms with Gasteiger partial charge >= 0.3 is 19.4 Å². The number of esters is 1. The van der Waals surface area contributed by atoms with Gasteiger partial charge in [-0.2, -0.15) is 5.09 Å². The number of aromatic amines is 1. The highest BCUT2D eigenvalue weighted by molar-refractivity contribution is 7.52. The maximum Gasteiger partial charge on any atom is 0.459 e. The highest BCUT2D eigenvalue weighted by Crippen LogP contribution is 2.45. The summed E-state index contributed by atoms with van der Waals surface area (Å²) in [6, 6.07) is 6.03. The zero-order valence-electron chi connectivity index (χ0n) is 20.0. The molecule has 4 atom stereocenters. The summed E-state index contributed by atoms with van der Waals surface area (Å²) in [7, 11) is -2.88.